The Labute approximate surface area is 119 Å². The first kappa shape index (κ1) is 16.0. The molecule has 0 unspecified atom stereocenters. The van der Waals surface area contributed by atoms with Gasteiger partial charge >= 0.3 is 0 Å². The molecule has 0 N–H and O–H groups in total. The Morgan fingerprint density at radius 1 is 1.42 bits per heavy atom. The fourth-order valence-electron chi connectivity index (χ4n) is 1.72. The predicted molar refractivity (Wildman–Crippen MR) is 75.4 cm³/mol. The Hall–Kier alpha value is -1.09. The minimum absolute atomic E-state index is 0.0515. The number of rotatable bonds is 5. The standard InChI is InChI=1S/C13H17ClN2O2S/c1-4-16(9-10(2)3)19(17,18)13-6-5-11(8-15)7-12(13)14/h5-7,10H,4,9H2,1-3H3. The SMILES string of the molecule is CCN(CC(C)C)S(=O)(=O)c1ccc(C#N)cc1Cl. The van der Waals surface area contributed by atoms with Gasteiger partial charge in [0.25, 0.3) is 0 Å². The van der Waals surface area contributed by atoms with E-state index in [2.05, 4.69) is 0 Å². The molecule has 19 heavy (non-hydrogen) atoms. The second-order valence-electron chi connectivity index (χ2n) is 4.61. The van der Waals surface area contributed by atoms with Gasteiger partial charge in [-0.15, -0.1) is 0 Å². The fourth-order valence-corrected chi connectivity index (χ4v) is 3.85. The van der Waals surface area contributed by atoms with Crippen molar-refractivity contribution in [3.63, 3.8) is 0 Å². The van der Waals surface area contributed by atoms with Crippen molar-refractivity contribution in [1.29, 1.82) is 5.26 Å². The highest BCUT2D eigenvalue weighted by Gasteiger charge is 2.26. The second-order valence-corrected chi connectivity index (χ2v) is 6.92. The maximum absolute atomic E-state index is 12.5. The molecule has 0 saturated carbocycles. The lowest BCUT2D eigenvalue weighted by Crippen LogP contribution is -2.34. The molecule has 104 valence electrons. The Balaban J connectivity index is 3.23. The lowest BCUT2D eigenvalue weighted by molar-refractivity contribution is 0.381. The van der Waals surface area contributed by atoms with E-state index in [1.807, 2.05) is 19.9 Å². The first-order chi connectivity index (χ1) is 8.82. The molecule has 0 aliphatic heterocycles. The summed E-state index contributed by atoms with van der Waals surface area (Å²) in [6, 6.07) is 6.15. The van der Waals surface area contributed by atoms with Gasteiger partial charge in [-0.1, -0.05) is 32.4 Å². The van der Waals surface area contributed by atoms with E-state index in [-0.39, 0.29) is 15.8 Å². The van der Waals surface area contributed by atoms with Gasteiger partial charge < -0.3 is 0 Å². The molecule has 0 amide bonds. The second kappa shape index (κ2) is 6.38. The van der Waals surface area contributed by atoms with Gasteiger partial charge in [0.05, 0.1) is 16.7 Å². The highest BCUT2D eigenvalue weighted by molar-refractivity contribution is 7.89. The Kier molecular flexibility index (Phi) is 5.36. The van der Waals surface area contributed by atoms with Crippen LogP contribution in [0.3, 0.4) is 0 Å². The Morgan fingerprint density at radius 2 is 2.05 bits per heavy atom. The van der Waals surface area contributed by atoms with E-state index in [0.29, 0.717) is 18.7 Å². The molecule has 0 spiro atoms. The molecule has 0 fully saturated rings. The van der Waals surface area contributed by atoms with E-state index in [4.69, 9.17) is 16.9 Å². The number of halogens is 1. The van der Waals surface area contributed by atoms with Gasteiger partial charge in [0.2, 0.25) is 10.0 Å². The summed E-state index contributed by atoms with van der Waals surface area (Å²) in [5.74, 6) is 0.229. The summed E-state index contributed by atoms with van der Waals surface area (Å²) >= 11 is 5.97. The molecule has 0 aromatic heterocycles. The van der Waals surface area contributed by atoms with Crippen molar-refractivity contribution in [1.82, 2.24) is 4.31 Å². The summed E-state index contributed by atoms with van der Waals surface area (Å²) in [5.41, 5.74) is 0.343. The van der Waals surface area contributed by atoms with Crippen LogP contribution in [0.2, 0.25) is 5.02 Å². The zero-order chi connectivity index (χ0) is 14.6. The molecular weight excluding hydrogens is 284 g/mol. The highest BCUT2D eigenvalue weighted by Crippen LogP contribution is 2.26. The van der Waals surface area contributed by atoms with E-state index in [1.165, 1.54) is 22.5 Å². The average Bonchev–Trinajstić information content (AvgIpc) is 2.34. The van der Waals surface area contributed by atoms with Gasteiger partial charge in [-0.25, -0.2) is 8.42 Å². The normalized spacial score (nSPS) is 11.8. The molecule has 0 radical (unpaired) electrons. The summed E-state index contributed by atoms with van der Waals surface area (Å²) < 4.78 is 26.3. The molecule has 6 heteroatoms. The van der Waals surface area contributed by atoms with E-state index in [0.717, 1.165) is 0 Å². The summed E-state index contributed by atoms with van der Waals surface area (Å²) in [7, 11) is -3.61. The van der Waals surface area contributed by atoms with Crippen LogP contribution < -0.4 is 0 Å². The number of nitriles is 1. The largest absolute Gasteiger partial charge is 0.244 e. The average molecular weight is 301 g/mol. The van der Waals surface area contributed by atoms with Crippen LogP contribution in [-0.2, 0) is 10.0 Å². The van der Waals surface area contributed by atoms with Crippen molar-refractivity contribution in [2.24, 2.45) is 5.92 Å². The van der Waals surface area contributed by atoms with Crippen LogP contribution in [0.15, 0.2) is 23.1 Å². The maximum atomic E-state index is 12.5. The third-order valence-corrected chi connectivity index (χ3v) is 5.02. The monoisotopic (exact) mass is 300 g/mol. The molecule has 0 aliphatic carbocycles. The molecule has 1 aromatic carbocycles. The summed E-state index contributed by atoms with van der Waals surface area (Å²) in [6.45, 7) is 6.53. The fraction of sp³-hybridized carbons (Fsp3) is 0.462. The molecule has 0 atom stereocenters. The van der Waals surface area contributed by atoms with Crippen molar-refractivity contribution in [3.05, 3.63) is 28.8 Å². The Morgan fingerprint density at radius 3 is 2.47 bits per heavy atom. The van der Waals surface area contributed by atoms with Gasteiger partial charge in [-0.05, 0) is 24.1 Å². The third-order valence-electron chi connectivity index (χ3n) is 2.60. The number of sulfonamides is 1. The summed E-state index contributed by atoms with van der Waals surface area (Å²) in [5, 5.41) is 8.85. The predicted octanol–water partition coefficient (Wildman–Crippen LogP) is 2.88. The lowest BCUT2D eigenvalue weighted by atomic mass is 10.2. The van der Waals surface area contributed by atoms with Crippen LogP contribution in [0.5, 0.6) is 0 Å². The molecule has 4 nitrogen and oxygen atoms in total. The first-order valence-electron chi connectivity index (χ1n) is 6.02. The van der Waals surface area contributed by atoms with Crippen molar-refractivity contribution in [3.8, 4) is 6.07 Å². The van der Waals surface area contributed by atoms with Gasteiger partial charge in [0, 0.05) is 13.1 Å². The smallest absolute Gasteiger partial charge is 0.207 e. The highest BCUT2D eigenvalue weighted by atomic mass is 35.5. The van der Waals surface area contributed by atoms with Crippen LogP contribution >= 0.6 is 11.6 Å². The zero-order valence-corrected chi connectivity index (χ0v) is 12.8. The van der Waals surface area contributed by atoms with E-state index >= 15 is 0 Å². The van der Waals surface area contributed by atoms with Gasteiger partial charge in [0.1, 0.15) is 4.90 Å². The van der Waals surface area contributed by atoms with Crippen LogP contribution in [0, 0.1) is 17.2 Å². The van der Waals surface area contributed by atoms with Gasteiger partial charge in [-0.3, -0.25) is 0 Å². The van der Waals surface area contributed by atoms with Crippen molar-refractivity contribution < 1.29 is 8.42 Å². The van der Waals surface area contributed by atoms with Crippen LogP contribution in [-0.4, -0.2) is 25.8 Å². The molecular formula is C13H17ClN2O2S. The number of nitrogens with zero attached hydrogens (tertiary/aromatic N) is 2. The lowest BCUT2D eigenvalue weighted by Gasteiger charge is -2.22. The molecule has 0 bridgehead atoms. The third kappa shape index (κ3) is 3.69. The quantitative estimate of drug-likeness (QED) is 0.840. The van der Waals surface area contributed by atoms with Crippen molar-refractivity contribution >= 4 is 21.6 Å². The minimum atomic E-state index is -3.61. The van der Waals surface area contributed by atoms with Crippen LogP contribution in [0.25, 0.3) is 0 Å². The minimum Gasteiger partial charge on any atom is -0.207 e. The summed E-state index contributed by atoms with van der Waals surface area (Å²) in [4.78, 5) is 0.0515. The van der Waals surface area contributed by atoms with Crippen LogP contribution in [0.1, 0.15) is 26.3 Å². The zero-order valence-electron chi connectivity index (χ0n) is 11.2. The maximum Gasteiger partial charge on any atom is 0.244 e. The molecule has 1 aromatic rings. The van der Waals surface area contributed by atoms with E-state index in [9.17, 15) is 8.42 Å². The Bertz CT molecular complexity index is 591. The van der Waals surface area contributed by atoms with Crippen LogP contribution in [0.4, 0.5) is 0 Å². The van der Waals surface area contributed by atoms with Gasteiger partial charge in [0.15, 0.2) is 0 Å². The molecule has 0 heterocycles. The molecule has 0 aliphatic rings. The van der Waals surface area contributed by atoms with E-state index < -0.39 is 10.0 Å². The summed E-state index contributed by atoms with van der Waals surface area (Å²) in [6.07, 6.45) is 0. The number of benzene rings is 1. The first-order valence-corrected chi connectivity index (χ1v) is 7.84. The topological polar surface area (TPSA) is 61.2 Å². The number of hydrogen-bond acceptors (Lipinski definition) is 3. The molecule has 0 saturated heterocycles. The number of hydrogen-bond donors (Lipinski definition) is 0. The van der Waals surface area contributed by atoms with Gasteiger partial charge in [-0.2, -0.15) is 9.57 Å². The molecule has 1 rings (SSSR count). The van der Waals surface area contributed by atoms with Crippen molar-refractivity contribution in [2.75, 3.05) is 13.1 Å². The van der Waals surface area contributed by atoms with E-state index in [1.54, 1.807) is 6.92 Å². The van der Waals surface area contributed by atoms with Crippen molar-refractivity contribution in [2.45, 2.75) is 25.7 Å².